The fourth-order valence-electron chi connectivity index (χ4n) is 2.99. The van der Waals surface area contributed by atoms with Gasteiger partial charge in [0.05, 0.1) is 17.7 Å². The van der Waals surface area contributed by atoms with Gasteiger partial charge in [0.15, 0.2) is 0 Å². The van der Waals surface area contributed by atoms with Crippen molar-refractivity contribution in [2.24, 2.45) is 0 Å². The standard InChI is InChI=1S/C21H22N2O4/c1-15(24)22-12-11-16-7-9-17(10-8-16)27-14-4-13-23-20(25)18-5-2-3-6-19(18)21(23)26/h2-3,5-10H,4,11-14H2,1H3,(H,22,24). The van der Waals surface area contributed by atoms with Gasteiger partial charge in [-0.1, -0.05) is 24.3 Å². The van der Waals surface area contributed by atoms with Crippen LogP contribution in [0.25, 0.3) is 0 Å². The third-order valence-electron chi connectivity index (χ3n) is 4.38. The van der Waals surface area contributed by atoms with Crippen molar-refractivity contribution in [3.05, 3.63) is 65.2 Å². The fraction of sp³-hybridized carbons (Fsp3) is 0.286. The van der Waals surface area contributed by atoms with E-state index in [-0.39, 0.29) is 17.7 Å². The fourth-order valence-corrected chi connectivity index (χ4v) is 2.99. The summed E-state index contributed by atoms with van der Waals surface area (Å²) >= 11 is 0. The lowest BCUT2D eigenvalue weighted by molar-refractivity contribution is -0.118. The van der Waals surface area contributed by atoms with Gasteiger partial charge in [-0.2, -0.15) is 0 Å². The van der Waals surface area contributed by atoms with Crippen LogP contribution in [-0.2, 0) is 11.2 Å². The van der Waals surface area contributed by atoms with E-state index in [9.17, 15) is 14.4 Å². The lowest BCUT2D eigenvalue weighted by atomic mass is 10.1. The van der Waals surface area contributed by atoms with E-state index in [1.807, 2.05) is 24.3 Å². The molecule has 0 saturated carbocycles. The molecule has 3 amide bonds. The largest absolute Gasteiger partial charge is 0.494 e. The average molecular weight is 366 g/mol. The molecule has 1 aliphatic rings. The number of carbonyl (C=O) groups excluding carboxylic acids is 3. The summed E-state index contributed by atoms with van der Waals surface area (Å²) in [6.07, 6.45) is 1.33. The minimum atomic E-state index is -0.237. The molecule has 0 aliphatic carbocycles. The molecule has 0 atom stereocenters. The maximum atomic E-state index is 12.3. The van der Waals surface area contributed by atoms with Gasteiger partial charge in [-0.25, -0.2) is 0 Å². The highest BCUT2D eigenvalue weighted by molar-refractivity contribution is 6.21. The minimum absolute atomic E-state index is 0.0342. The molecule has 27 heavy (non-hydrogen) atoms. The van der Waals surface area contributed by atoms with Crippen LogP contribution in [0, 0.1) is 0 Å². The number of amides is 3. The SMILES string of the molecule is CC(=O)NCCc1ccc(OCCCN2C(=O)c3ccccc3C2=O)cc1. The smallest absolute Gasteiger partial charge is 0.261 e. The van der Waals surface area contributed by atoms with E-state index in [0.29, 0.717) is 37.2 Å². The number of rotatable bonds is 8. The Hall–Kier alpha value is -3.15. The van der Waals surface area contributed by atoms with Crippen molar-refractivity contribution in [1.82, 2.24) is 10.2 Å². The number of ether oxygens (including phenoxy) is 1. The number of hydrogen-bond acceptors (Lipinski definition) is 4. The van der Waals surface area contributed by atoms with Crippen LogP contribution in [-0.4, -0.2) is 42.3 Å². The molecular formula is C21H22N2O4. The molecule has 1 aliphatic heterocycles. The Morgan fingerprint density at radius 1 is 1.00 bits per heavy atom. The number of benzene rings is 2. The van der Waals surface area contributed by atoms with Crippen molar-refractivity contribution in [1.29, 1.82) is 0 Å². The van der Waals surface area contributed by atoms with E-state index in [1.54, 1.807) is 24.3 Å². The van der Waals surface area contributed by atoms with E-state index in [0.717, 1.165) is 17.7 Å². The summed E-state index contributed by atoms with van der Waals surface area (Å²) in [7, 11) is 0. The van der Waals surface area contributed by atoms with E-state index in [4.69, 9.17) is 4.74 Å². The first-order valence-electron chi connectivity index (χ1n) is 8.97. The predicted octanol–water partition coefficient (Wildman–Crippen LogP) is 2.43. The van der Waals surface area contributed by atoms with Crippen molar-refractivity contribution in [3.8, 4) is 5.75 Å². The van der Waals surface area contributed by atoms with Gasteiger partial charge in [-0.3, -0.25) is 19.3 Å². The van der Waals surface area contributed by atoms with Crippen molar-refractivity contribution < 1.29 is 19.1 Å². The monoisotopic (exact) mass is 366 g/mol. The molecule has 0 fully saturated rings. The first-order valence-corrected chi connectivity index (χ1v) is 8.97. The molecule has 0 unspecified atom stereocenters. The Morgan fingerprint density at radius 3 is 2.22 bits per heavy atom. The zero-order valence-corrected chi connectivity index (χ0v) is 15.2. The van der Waals surface area contributed by atoms with Crippen LogP contribution >= 0.6 is 0 Å². The van der Waals surface area contributed by atoms with Crippen LogP contribution < -0.4 is 10.1 Å². The molecule has 1 heterocycles. The number of carbonyl (C=O) groups is 3. The normalized spacial score (nSPS) is 12.9. The zero-order valence-electron chi connectivity index (χ0n) is 15.2. The molecule has 0 spiro atoms. The first kappa shape index (κ1) is 18.6. The molecular weight excluding hydrogens is 344 g/mol. The molecule has 0 aromatic heterocycles. The van der Waals surface area contributed by atoms with Crippen molar-refractivity contribution in [2.75, 3.05) is 19.7 Å². The summed E-state index contributed by atoms with van der Waals surface area (Å²) < 4.78 is 5.69. The van der Waals surface area contributed by atoms with Crippen LogP contribution in [0.1, 0.15) is 39.6 Å². The summed E-state index contributed by atoms with van der Waals surface area (Å²) in [4.78, 5) is 36.7. The summed E-state index contributed by atoms with van der Waals surface area (Å²) in [6.45, 7) is 2.86. The molecule has 2 aromatic carbocycles. The van der Waals surface area contributed by atoms with Crippen molar-refractivity contribution >= 4 is 17.7 Å². The minimum Gasteiger partial charge on any atom is -0.494 e. The molecule has 2 aromatic rings. The summed E-state index contributed by atoms with van der Waals surface area (Å²) in [6, 6.07) is 14.6. The molecule has 6 heteroatoms. The Labute approximate surface area is 158 Å². The van der Waals surface area contributed by atoms with Crippen molar-refractivity contribution in [3.63, 3.8) is 0 Å². The van der Waals surface area contributed by atoms with Crippen LogP contribution in [0.3, 0.4) is 0 Å². The molecule has 0 saturated heterocycles. The molecule has 3 rings (SSSR count). The van der Waals surface area contributed by atoms with Gasteiger partial charge in [0.25, 0.3) is 11.8 Å². The summed E-state index contributed by atoms with van der Waals surface area (Å²) in [5, 5.41) is 2.76. The highest BCUT2D eigenvalue weighted by Crippen LogP contribution is 2.22. The van der Waals surface area contributed by atoms with Gasteiger partial charge in [0, 0.05) is 20.0 Å². The number of nitrogens with one attached hydrogen (secondary N) is 1. The Balaban J connectivity index is 1.42. The second-order valence-electron chi connectivity index (χ2n) is 6.39. The van der Waals surface area contributed by atoms with E-state index >= 15 is 0 Å². The summed E-state index contributed by atoms with van der Waals surface area (Å²) in [5.74, 6) is 0.229. The predicted molar refractivity (Wildman–Crippen MR) is 101 cm³/mol. The van der Waals surface area contributed by atoms with Crippen LogP contribution in [0.15, 0.2) is 48.5 Å². The topological polar surface area (TPSA) is 75.7 Å². The highest BCUT2D eigenvalue weighted by atomic mass is 16.5. The lowest BCUT2D eigenvalue weighted by Crippen LogP contribution is -2.31. The van der Waals surface area contributed by atoms with E-state index in [1.165, 1.54) is 11.8 Å². The van der Waals surface area contributed by atoms with Gasteiger partial charge in [-0.05, 0) is 42.7 Å². The highest BCUT2D eigenvalue weighted by Gasteiger charge is 2.34. The number of nitrogens with zero attached hydrogens (tertiary/aromatic N) is 1. The van der Waals surface area contributed by atoms with E-state index < -0.39 is 0 Å². The average Bonchev–Trinajstić information content (AvgIpc) is 2.91. The molecule has 1 N–H and O–H groups in total. The van der Waals surface area contributed by atoms with Gasteiger partial charge in [0.2, 0.25) is 5.91 Å². The molecule has 6 nitrogen and oxygen atoms in total. The number of fused-ring (bicyclic) bond motifs is 1. The van der Waals surface area contributed by atoms with Crippen LogP contribution in [0.4, 0.5) is 0 Å². The van der Waals surface area contributed by atoms with E-state index in [2.05, 4.69) is 5.32 Å². The van der Waals surface area contributed by atoms with Crippen LogP contribution in [0.5, 0.6) is 5.75 Å². The quantitative estimate of drug-likeness (QED) is 0.575. The van der Waals surface area contributed by atoms with Gasteiger partial charge in [-0.15, -0.1) is 0 Å². The van der Waals surface area contributed by atoms with Gasteiger partial charge < -0.3 is 10.1 Å². The van der Waals surface area contributed by atoms with Gasteiger partial charge in [0.1, 0.15) is 5.75 Å². The van der Waals surface area contributed by atoms with Gasteiger partial charge >= 0.3 is 0 Å². The molecule has 0 radical (unpaired) electrons. The zero-order chi connectivity index (χ0) is 19.2. The first-order chi connectivity index (χ1) is 13.1. The molecule has 140 valence electrons. The number of imide groups is 1. The van der Waals surface area contributed by atoms with Crippen molar-refractivity contribution in [2.45, 2.75) is 19.8 Å². The second-order valence-corrected chi connectivity index (χ2v) is 6.39. The Bertz CT molecular complexity index is 811. The third-order valence-corrected chi connectivity index (χ3v) is 4.38. The number of hydrogen-bond donors (Lipinski definition) is 1. The van der Waals surface area contributed by atoms with Crippen LogP contribution in [0.2, 0.25) is 0 Å². The lowest BCUT2D eigenvalue weighted by Gasteiger charge is -2.14. The molecule has 0 bridgehead atoms. The maximum absolute atomic E-state index is 12.3. The second kappa shape index (κ2) is 8.49. The third kappa shape index (κ3) is 4.53. The maximum Gasteiger partial charge on any atom is 0.261 e. The summed E-state index contributed by atoms with van der Waals surface area (Å²) in [5.41, 5.74) is 2.05. The Morgan fingerprint density at radius 2 is 1.63 bits per heavy atom. The Kier molecular flexibility index (Phi) is 5.86.